The lowest BCUT2D eigenvalue weighted by Gasteiger charge is -2.09. The summed E-state index contributed by atoms with van der Waals surface area (Å²) in [5.41, 5.74) is 1.39. The minimum atomic E-state index is 0.00631. The monoisotopic (exact) mass is 297 g/mol. The molecule has 0 aliphatic rings. The minimum Gasteiger partial charge on any atom is -0.457 e. The number of rotatable bonds is 3. The Morgan fingerprint density at radius 1 is 1.14 bits per heavy atom. The molecule has 0 aliphatic heterocycles. The molecule has 3 rings (SSSR count). The van der Waals surface area contributed by atoms with Gasteiger partial charge in [0, 0.05) is 22.2 Å². The van der Waals surface area contributed by atoms with E-state index < -0.39 is 0 Å². The molecule has 2 aromatic carbocycles. The Balaban J connectivity index is 2.02. The summed E-state index contributed by atoms with van der Waals surface area (Å²) in [6.07, 6.45) is 1.67. The van der Waals surface area contributed by atoms with Crippen molar-refractivity contribution in [1.29, 1.82) is 0 Å². The number of benzene rings is 2. The van der Waals surface area contributed by atoms with Gasteiger partial charge >= 0.3 is 0 Å². The van der Waals surface area contributed by atoms with Crippen molar-refractivity contribution in [2.45, 2.75) is 6.92 Å². The van der Waals surface area contributed by atoms with E-state index in [9.17, 15) is 4.79 Å². The van der Waals surface area contributed by atoms with E-state index in [0.717, 1.165) is 10.9 Å². The lowest BCUT2D eigenvalue weighted by Crippen LogP contribution is -1.93. The second-order valence-electron chi connectivity index (χ2n) is 4.66. The summed E-state index contributed by atoms with van der Waals surface area (Å²) in [4.78, 5) is 15.7. The number of carbonyl (C=O) groups excluding carboxylic acids is 1. The van der Waals surface area contributed by atoms with Gasteiger partial charge in [0.15, 0.2) is 5.78 Å². The number of carbonyl (C=O) groups is 1. The first-order valence-electron chi connectivity index (χ1n) is 6.46. The zero-order valence-corrected chi connectivity index (χ0v) is 12.1. The highest BCUT2D eigenvalue weighted by Crippen LogP contribution is 2.30. The fourth-order valence-corrected chi connectivity index (χ4v) is 2.26. The van der Waals surface area contributed by atoms with Gasteiger partial charge in [-0.15, -0.1) is 0 Å². The molecule has 0 N–H and O–H groups in total. The Morgan fingerprint density at radius 3 is 2.81 bits per heavy atom. The number of pyridine rings is 1. The lowest BCUT2D eigenvalue weighted by molar-refractivity contribution is 0.101. The van der Waals surface area contributed by atoms with Crippen LogP contribution < -0.4 is 4.74 Å². The molecule has 3 nitrogen and oxygen atoms in total. The predicted molar refractivity (Wildman–Crippen MR) is 83.3 cm³/mol. The SMILES string of the molecule is CC(=O)c1cccc(Oc2ccnc3cc(Cl)ccc23)c1. The highest BCUT2D eigenvalue weighted by atomic mass is 35.5. The quantitative estimate of drug-likeness (QED) is 0.647. The molecule has 0 saturated carbocycles. The molecule has 0 amide bonds. The average molecular weight is 298 g/mol. The van der Waals surface area contributed by atoms with Crippen LogP contribution in [0.1, 0.15) is 17.3 Å². The maximum Gasteiger partial charge on any atom is 0.159 e. The number of ketones is 1. The minimum absolute atomic E-state index is 0.00631. The highest BCUT2D eigenvalue weighted by Gasteiger charge is 2.06. The molecule has 0 radical (unpaired) electrons. The van der Waals surface area contributed by atoms with Crippen molar-refractivity contribution in [1.82, 2.24) is 4.98 Å². The largest absolute Gasteiger partial charge is 0.457 e. The second-order valence-corrected chi connectivity index (χ2v) is 5.09. The average Bonchev–Trinajstić information content (AvgIpc) is 2.47. The van der Waals surface area contributed by atoms with Gasteiger partial charge in [-0.2, -0.15) is 0 Å². The maximum atomic E-state index is 11.4. The molecule has 0 spiro atoms. The molecule has 1 aromatic heterocycles. The molecular formula is C17H12ClNO2. The van der Waals surface area contributed by atoms with E-state index >= 15 is 0 Å². The van der Waals surface area contributed by atoms with Crippen molar-refractivity contribution in [2.75, 3.05) is 0 Å². The van der Waals surface area contributed by atoms with Gasteiger partial charge in [-0.25, -0.2) is 0 Å². The first kappa shape index (κ1) is 13.6. The first-order valence-corrected chi connectivity index (χ1v) is 6.84. The van der Waals surface area contributed by atoms with Crippen molar-refractivity contribution >= 4 is 28.3 Å². The molecule has 4 heteroatoms. The first-order chi connectivity index (χ1) is 10.1. The number of aromatic nitrogens is 1. The molecule has 0 fully saturated rings. The van der Waals surface area contributed by atoms with Crippen molar-refractivity contribution in [3.05, 3.63) is 65.3 Å². The number of nitrogens with zero attached hydrogens (tertiary/aromatic N) is 1. The van der Waals surface area contributed by atoms with E-state index in [4.69, 9.17) is 16.3 Å². The molecule has 21 heavy (non-hydrogen) atoms. The van der Waals surface area contributed by atoms with Crippen LogP contribution in [0.4, 0.5) is 0 Å². The third-order valence-corrected chi connectivity index (χ3v) is 3.37. The van der Waals surface area contributed by atoms with E-state index in [1.165, 1.54) is 6.92 Å². The van der Waals surface area contributed by atoms with Gasteiger partial charge in [0.25, 0.3) is 0 Å². The molecule has 1 heterocycles. The normalized spacial score (nSPS) is 10.6. The Morgan fingerprint density at radius 2 is 2.00 bits per heavy atom. The fraction of sp³-hybridized carbons (Fsp3) is 0.0588. The summed E-state index contributed by atoms with van der Waals surface area (Å²) in [6.45, 7) is 1.53. The van der Waals surface area contributed by atoms with E-state index in [-0.39, 0.29) is 5.78 Å². The van der Waals surface area contributed by atoms with Gasteiger partial charge in [0.1, 0.15) is 11.5 Å². The van der Waals surface area contributed by atoms with E-state index in [1.54, 1.807) is 42.6 Å². The summed E-state index contributed by atoms with van der Waals surface area (Å²) in [5.74, 6) is 1.30. The third-order valence-electron chi connectivity index (χ3n) is 3.13. The number of hydrogen-bond donors (Lipinski definition) is 0. The maximum absolute atomic E-state index is 11.4. The van der Waals surface area contributed by atoms with Gasteiger partial charge in [0.2, 0.25) is 0 Å². The van der Waals surface area contributed by atoms with Crippen molar-refractivity contribution in [2.24, 2.45) is 0 Å². The summed E-state index contributed by atoms with van der Waals surface area (Å²) in [5, 5.41) is 1.50. The van der Waals surface area contributed by atoms with Crippen LogP contribution in [0, 0.1) is 0 Å². The summed E-state index contributed by atoms with van der Waals surface area (Å²) in [7, 11) is 0. The van der Waals surface area contributed by atoms with Crippen molar-refractivity contribution in [3.63, 3.8) is 0 Å². The van der Waals surface area contributed by atoms with Crippen LogP contribution in [0.15, 0.2) is 54.7 Å². The molecular weight excluding hydrogens is 286 g/mol. The predicted octanol–water partition coefficient (Wildman–Crippen LogP) is 4.88. The van der Waals surface area contributed by atoms with Crippen LogP contribution >= 0.6 is 11.6 Å². The molecule has 0 bridgehead atoms. The lowest BCUT2D eigenvalue weighted by atomic mass is 10.1. The van der Waals surface area contributed by atoms with Crippen molar-refractivity contribution in [3.8, 4) is 11.5 Å². The fourth-order valence-electron chi connectivity index (χ4n) is 2.09. The van der Waals surface area contributed by atoms with Crippen LogP contribution in [0.2, 0.25) is 5.02 Å². The second kappa shape index (κ2) is 5.54. The van der Waals surface area contributed by atoms with E-state index in [2.05, 4.69) is 4.98 Å². The Hall–Kier alpha value is -2.39. The van der Waals surface area contributed by atoms with Crippen LogP contribution in [0.25, 0.3) is 10.9 Å². The van der Waals surface area contributed by atoms with Crippen LogP contribution in [0.3, 0.4) is 0 Å². The number of hydrogen-bond acceptors (Lipinski definition) is 3. The summed E-state index contributed by atoms with van der Waals surface area (Å²) in [6, 6.07) is 14.3. The van der Waals surface area contributed by atoms with Crippen LogP contribution in [-0.2, 0) is 0 Å². The summed E-state index contributed by atoms with van der Waals surface area (Å²) < 4.78 is 5.89. The molecule has 0 unspecified atom stereocenters. The Bertz CT molecular complexity index is 830. The zero-order chi connectivity index (χ0) is 14.8. The number of fused-ring (bicyclic) bond motifs is 1. The smallest absolute Gasteiger partial charge is 0.159 e. The van der Waals surface area contributed by atoms with Crippen molar-refractivity contribution < 1.29 is 9.53 Å². The van der Waals surface area contributed by atoms with E-state index in [1.807, 2.05) is 12.1 Å². The number of ether oxygens (including phenoxy) is 1. The van der Waals surface area contributed by atoms with Gasteiger partial charge in [-0.3, -0.25) is 9.78 Å². The Labute approximate surface area is 127 Å². The molecule has 0 saturated heterocycles. The van der Waals surface area contributed by atoms with Crippen LogP contribution in [-0.4, -0.2) is 10.8 Å². The molecule has 0 atom stereocenters. The molecule has 104 valence electrons. The van der Waals surface area contributed by atoms with Gasteiger partial charge in [0.05, 0.1) is 5.52 Å². The standard InChI is InChI=1S/C17H12ClNO2/c1-11(20)12-3-2-4-14(9-12)21-17-7-8-19-16-10-13(18)5-6-15(16)17/h2-10H,1H3. The van der Waals surface area contributed by atoms with Gasteiger partial charge in [-0.05, 0) is 43.3 Å². The third kappa shape index (κ3) is 2.88. The number of halogens is 1. The van der Waals surface area contributed by atoms with Crippen LogP contribution in [0.5, 0.6) is 11.5 Å². The molecule has 3 aromatic rings. The number of Topliss-reactive ketones (excluding diaryl/α,β-unsaturated/α-hetero) is 1. The van der Waals surface area contributed by atoms with Gasteiger partial charge < -0.3 is 4.74 Å². The zero-order valence-electron chi connectivity index (χ0n) is 11.3. The Kier molecular flexibility index (Phi) is 3.59. The summed E-state index contributed by atoms with van der Waals surface area (Å²) >= 11 is 5.97. The van der Waals surface area contributed by atoms with Gasteiger partial charge in [-0.1, -0.05) is 23.7 Å². The molecule has 0 aliphatic carbocycles. The van der Waals surface area contributed by atoms with E-state index in [0.29, 0.717) is 22.1 Å². The topological polar surface area (TPSA) is 39.2 Å². The highest BCUT2D eigenvalue weighted by molar-refractivity contribution is 6.31.